The lowest BCUT2D eigenvalue weighted by molar-refractivity contribution is 0.809. The first-order valence-corrected chi connectivity index (χ1v) is 9.89. The summed E-state index contributed by atoms with van der Waals surface area (Å²) in [7, 11) is 0. The minimum absolute atomic E-state index is 0.0773. The predicted octanol–water partition coefficient (Wildman–Crippen LogP) is 2.60. The minimum Gasteiger partial charge on any atom is -0.368 e. The first-order valence-electron chi connectivity index (χ1n) is 9.89. The molecular weight excluding hydrogens is 392 g/mol. The van der Waals surface area contributed by atoms with E-state index >= 15 is 0 Å². The van der Waals surface area contributed by atoms with Gasteiger partial charge < -0.3 is 16.0 Å². The predicted molar refractivity (Wildman–Crippen MR) is 120 cm³/mol. The van der Waals surface area contributed by atoms with Gasteiger partial charge in [-0.15, -0.1) is 0 Å². The molecule has 154 valence electrons. The van der Waals surface area contributed by atoms with Crippen molar-refractivity contribution in [3.05, 3.63) is 76.6 Å². The Kier molecular flexibility index (Phi) is 4.55. The zero-order valence-corrected chi connectivity index (χ0v) is 16.8. The van der Waals surface area contributed by atoms with Crippen LogP contribution in [0.1, 0.15) is 11.4 Å². The first kappa shape index (κ1) is 18.7. The van der Waals surface area contributed by atoms with Crippen LogP contribution in [-0.4, -0.2) is 36.0 Å². The SMILES string of the molecule is Cc1cccc2nc(CCNc3nc(N)nc4nc[nH]c34)n(-c3ccccc3)c(=O)c12. The van der Waals surface area contributed by atoms with Gasteiger partial charge in [0.1, 0.15) is 11.3 Å². The number of H-pyrrole nitrogens is 1. The van der Waals surface area contributed by atoms with E-state index in [0.717, 1.165) is 11.3 Å². The second-order valence-electron chi connectivity index (χ2n) is 7.18. The lowest BCUT2D eigenvalue weighted by Gasteiger charge is -2.15. The van der Waals surface area contributed by atoms with E-state index in [-0.39, 0.29) is 11.5 Å². The molecule has 4 N–H and O–H groups in total. The summed E-state index contributed by atoms with van der Waals surface area (Å²) in [6.45, 7) is 2.41. The summed E-state index contributed by atoms with van der Waals surface area (Å²) < 4.78 is 1.68. The number of imidazole rings is 1. The van der Waals surface area contributed by atoms with Crippen molar-refractivity contribution >= 4 is 33.8 Å². The molecule has 0 bridgehead atoms. The van der Waals surface area contributed by atoms with Gasteiger partial charge in [-0.25, -0.2) is 9.97 Å². The number of para-hydroxylation sites is 1. The molecule has 0 aliphatic heterocycles. The van der Waals surface area contributed by atoms with Gasteiger partial charge in [0.25, 0.3) is 5.56 Å². The third-order valence-corrected chi connectivity index (χ3v) is 5.13. The zero-order valence-electron chi connectivity index (χ0n) is 16.8. The Morgan fingerprint density at radius 3 is 2.74 bits per heavy atom. The Morgan fingerprint density at radius 1 is 1.06 bits per heavy atom. The molecule has 31 heavy (non-hydrogen) atoms. The Hall–Kier alpha value is -4.27. The van der Waals surface area contributed by atoms with Crippen molar-refractivity contribution in [2.75, 3.05) is 17.6 Å². The summed E-state index contributed by atoms with van der Waals surface area (Å²) in [6.07, 6.45) is 2.04. The van der Waals surface area contributed by atoms with Crippen LogP contribution in [0.15, 0.2) is 59.7 Å². The van der Waals surface area contributed by atoms with Crippen molar-refractivity contribution in [3.8, 4) is 5.69 Å². The normalized spacial score (nSPS) is 11.3. The molecule has 0 saturated carbocycles. The molecule has 0 radical (unpaired) electrons. The van der Waals surface area contributed by atoms with E-state index in [0.29, 0.717) is 46.7 Å². The maximum Gasteiger partial charge on any atom is 0.266 e. The number of aryl methyl sites for hydroxylation is 1. The van der Waals surface area contributed by atoms with Gasteiger partial charge in [0.05, 0.1) is 22.9 Å². The number of hydrogen-bond donors (Lipinski definition) is 3. The van der Waals surface area contributed by atoms with E-state index in [1.807, 2.05) is 55.5 Å². The van der Waals surface area contributed by atoms with Crippen molar-refractivity contribution in [2.24, 2.45) is 0 Å². The molecule has 0 aliphatic carbocycles. The molecule has 0 saturated heterocycles. The fourth-order valence-electron chi connectivity index (χ4n) is 3.72. The Labute approximate surface area is 177 Å². The third kappa shape index (κ3) is 3.35. The molecule has 9 nitrogen and oxygen atoms in total. The van der Waals surface area contributed by atoms with Gasteiger partial charge in [0.2, 0.25) is 5.95 Å². The number of nitrogens with one attached hydrogen (secondary N) is 2. The number of nitrogens with zero attached hydrogens (tertiary/aromatic N) is 5. The largest absolute Gasteiger partial charge is 0.368 e. The summed E-state index contributed by atoms with van der Waals surface area (Å²) in [6, 6.07) is 15.3. The molecule has 0 amide bonds. The summed E-state index contributed by atoms with van der Waals surface area (Å²) >= 11 is 0. The lowest BCUT2D eigenvalue weighted by atomic mass is 10.1. The van der Waals surface area contributed by atoms with Crippen LogP contribution >= 0.6 is 0 Å². The fraction of sp³-hybridized carbons (Fsp3) is 0.136. The number of anilines is 2. The highest BCUT2D eigenvalue weighted by atomic mass is 16.1. The van der Waals surface area contributed by atoms with Crippen molar-refractivity contribution in [2.45, 2.75) is 13.3 Å². The van der Waals surface area contributed by atoms with Crippen molar-refractivity contribution in [1.82, 2.24) is 29.5 Å². The monoisotopic (exact) mass is 412 g/mol. The highest BCUT2D eigenvalue weighted by Crippen LogP contribution is 2.19. The Morgan fingerprint density at radius 2 is 1.90 bits per heavy atom. The molecule has 3 aromatic heterocycles. The molecular formula is C22H20N8O. The van der Waals surface area contributed by atoms with Crippen LogP contribution in [0.25, 0.3) is 27.8 Å². The number of hydrogen-bond acceptors (Lipinski definition) is 7. The van der Waals surface area contributed by atoms with Crippen LogP contribution in [0.4, 0.5) is 11.8 Å². The number of aromatic nitrogens is 6. The third-order valence-electron chi connectivity index (χ3n) is 5.13. The summed E-state index contributed by atoms with van der Waals surface area (Å²) in [5, 5.41) is 3.89. The maximum absolute atomic E-state index is 13.4. The van der Waals surface area contributed by atoms with Gasteiger partial charge >= 0.3 is 0 Å². The smallest absolute Gasteiger partial charge is 0.266 e. The molecule has 0 unspecified atom stereocenters. The van der Waals surface area contributed by atoms with Crippen LogP contribution in [-0.2, 0) is 6.42 Å². The summed E-state index contributed by atoms with van der Waals surface area (Å²) in [5.41, 5.74) is 9.26. The molecule has 5 rings (SSSR count). The van der Waals surface area contributed by atoms with E-state index in [2.05, 4.69) is 25.3 Å². The molecule has 5 aromatic rings. The van der Waals surface area contributed by atoms with E-state index in [9.17, 15) is 4.79 Å². The number of fused-ring (bicyclic) bond motifs is 2. The van der Waals surface area contributed by atoms with Crippen molar-refractivity contribution in [1.29, 1.82) is 0 Å². The van der Waals surface area contributed by atoms with Gasteiger partial charge in [-0.2, -0.15) is 9.97 Å². The average molecular weight is 412 g/mol. The van der Waals surface area contributed by atoms with E-state index in [1.165, 1.54) is 0 Å². The van der Waals surface area contributed by atoms with Crippen molar-refractivity contribution in [3.63, 3.8) is 0 Å². The average Bonchev–Trinajstić information content (AvgIpc) is 3.23. The number of rotatable bonds is 5. The lowest BCUT2D eigenvalue weighted by Crippen LogP contribution is -2.26. The van der Waals surface area contributed by atoms with Crippen LogP contribution in [0.3, 0.4) is 0 Å². The highest BCUT2D eigenvalue weighted by Gasteiger charge is 2.15. The van der Waals surface area contributed by atoms with E-state index < -0.39 is 0 Å². The highest BCUT2D eigenvalue weighted by molar-refractivity contribution is 5.83. The second-order valence-corrected chi connectivity index (χ2v) is 7.18. The van der Waals surface area contributed by atoms with Gasteiger partial charge in [0.15, 0.2) is 11.5 Å². The minimum atomic E-state index is -0.0773. The van der Waals surface area contributed by atoms with Crippen LogP contribution in [0, 0.1) is 6.92 Å². The molecule has 3 heterocycles. The maximum atomic E-state index is 13.4. The molecule has 0 atom stereocenters. The van der Waals surface area contributed by atoms with Crippen molar-refractivity contribution < 1.29 is 0 Å². The first-order chi connectivity index (χ1) is 15.1. The van der Waals surface area contributed by atoms with E-state index in [1.54, 1.807) is 10.9 Å². The van der Waals surface area contributed by atoms with Gasteiger partial charge in [-0.05, 0) is 30.7 Å². The number of nitrogens with two attached hydrogens (primary N) is 1. The standard InChI is InChI=1S/C22H20N8O/c1-13-6-5-9-15-17(13)21(31)30(14-7-3-2-4-8-14)16(27-15)10-11-24-19-18-20(26-12-25-18)29-22(23)28-19/h2-9,12H,10-11H2,1H3,(H4,23,24,25,26,28,29). The Bertz CT molecular complexity index is 1460. The number of nitrogen functional groups attached to an aromatic ring is 1. The molecule has 9 heteroatoms. The molecule has 2 aromatic carbocycles. The zero-order chi connectivity index (χ0) is 21.4. The van der Waals surface area contributed by atoms with E-state index in [4.69, 9.17) is 10.7 Å². The molecule has 0 spiro atoms. The fourth-order valence-corrected chi connectivity index (χ4v) is 3.72. The van der Waals surface area contributed by atoms with Gasteiger partial charge in [0, 0.05) is 13.0 Å². The quantitative estimate of drug-likeness (QED) is 0.405. The molecule has 0 aliphatic rings. The van der Waals surface area contributed by atoms with Gasteiger partial charge in [-0.3, -0.25) is 9.36 Å². The topological polar surface area (TPSA) is 127 Å². The number of aromatic amines is 1. The summed E-state index contributed by atoms with van der Waals surface area (Å²) in [4.78, 5) is 33.8. The second kappa shape index (κ2) is 7.52. The van der Waals surface area contributed by atoms with Crippen LogP contribution in [0.2, 0.25) is 0 Å². The molecule has 0 fully saturated rings. The Balaban J connectivity index is 1.54. The number of benzene rings is 2. The van der Waals surface area contributed by atoms with Gasteiger partial charge in [-0.1, -0.05) is 30.3 Å². The van der Waals surface area contributed by atoms with Crippen LogP contribution in [0.5, 0.6) is 0 Å². The van der Waals surface area contributed by atoms with Crippen LogP contribution < -0.4 is 16.6 Å². The summed E-state index contributed by atoms with van der Waals surface area (Å²) in [5.74, 6) is 1.36.